The lowest BCUT2D eigenvalue weighted by Gasteiger charge is -2.26. The summed E-state index contributed by atoms with van der Waals surface area (Å²) in [5, 5.41) is 5.61. The van der Waals surface area contributed by atoms with E-state index in [1.165, 1.54) is 5.56 Å². The Morgan fingerprint density at radius 3 is 2.31 bits per heavy atom. The van der Waals surface area contributed by atoms with Crippen LogP contribution in [-0.2, 0) is 17.6 Å². The van der Waals surface area contributed by atoms with E-state index < -0.39 is 0 Å². The highest BCUT2D eigenvalue weighted by molar-refractivity contribution is 7.18. The van der Waals surface area contributed by atoms with Crippen LogP contribution in [0.2, 0.25) is 10.0 Å². The second kappa shape index (κ2) is 10.5. The van der Waals surface area contributed by atoms with Crippen molar-refractivity contribution in [2.24, 2.45) is 0 Å². The SMILES string of the molecule is CC(NC(=O)CCc1nc2ccccc2s1)C(Cc1ccc(Cl)cc1)c1ccc(Cl)cc1. The van der Waals surface area contributed by atoms with Crippen molar-refractivity contribution in [3.05, 3.63) is 99.0 Å². The van der Waals surface area contributed by atoms with Gasteiger partial charge in [0, 0.05) is 34.8 Å². The summed E-state index contributed by atoms with van der Waals surface area (Å²) in [5.74, 6) is 0.145. The van der Waals surface area contributed by atoms with E-state index in [0.29, 0.717) is 22.9 Å². The number of carbonyl (C=O) groups excluding carboxylic acids is 1. The largest absolute Gasteiger partial charge is 0.353 e. The summed E-state index contributed by atoms with van der Waals surface area (Å²) in [7, 11) is 0. The second-order valence-corrected chi connectivity index (χ2v) is 9.91. The number of carbonyl (C=O) groups is 1. The van der Waals surface area contributed by atoms with Gasteiger partial charge in [-0.05, 0) is 60.9 Å². The highest BCUT2D eigenvalue weighted by Gasteiger charge is 2.22. The van der Waals surface area contributed by atoms with Gasteiger partial charge in [0.05, 0.1) is 15.2 Å². The molecule has 0 spiro atoms. The van der Waals surface area contributed by atoms with E-state index in [9.17, 15) is 4.79 Å². The Morgan fingerprint density at radius 1 is 0.969 bits per heavy atom. The van der Waals surface area contributed by atoms with E-state index >= 15 is 0 Å². The molecule has 1 N–H and O–H groups in total. The Balaban J connectivity index is 1.43. The Hall–Kier alpha value is -2.40. The van der Waals surface area contributed by atoms with Gasteiger partial charge in [0.25, 0.3) is 0 Å². The maximum Gasteiger partial charge on any atom is 0.220 e. The zero-order valence-corrected chi connectivity index (χ0v) is 20.1. The zero-order chi connectivity index (χ0) is 22.5. The van der Waals surface area contributed by atoms with Crippen LogP contribution in [-0.4, -0.2) is 16.9 Å². The van der Waals surface area contributed by atoms with Gasteiger partial charge < -0.3 is 5.32 Å². The van der Waals surface area contributed by atoms with Gasteiger partial charge in [-0.15, -0.1) is 11.3 Å². The van der Waals surface area contributed by atoms with Gasteiger partial charge >= 0.3 is 0 Å². The molecule has 3 aromatic carbocycles. The first-order chi connectivity index (χ1) is 15.5. The van der Waals surface area contributed by atoms with Crippen LogP contribution < -0.4 is 5.32 Å². The average molecular weight is 483 g/mol. The number of aryl methyl sites for hydroxylation is 1. The molecule has 164 valence electrons. The lowest BCUT2D eigenvalue weighted by Crippen LogP contribution is -2.38. The molecule has 1 aromatic heterocycles. The first-order valence-corrected chi connectivity index (χ1v) is 12.2. The van der Waals surface area contributed by atoms with Gasteiger partial charge in [-0.25, -0.2) is 4.98 Å². The summed E-state index contributed by atoms with van der Waals surface area (Å²) >= 11 is 13.8. The van der Waals surface area contributed by atoms with Crippen molar-refractivity contribution in [3.8, 4) is 0 Å². The summed E-state index contributed by atoms with van der Waals surface area (Å²) in [6, 6.07) is 23.7. The molecule has 0 aliphatic rings. The number of hydrogen-bond donors (Lipinski definition) is 1. The van der Waals surface area contributed by atoms with E-state index in [1.807, 2.05) is 66.7 Å². The predicted octanol–water partition coefficient (Wildman–Crippen LogP) is 7.07. The Bertz CT molecular complexity index is 1160. The molecular weight excluding hydrogens is 459 g/mol. The van der Waals surface area contributed by atoms with E-state index in [0.717, 1.165) is 27.2 Å². The molecule has 0 aliphatic heterocycles. The Kier molecular flexibility index (Phi) is 7.46. The zero-order valence-electron chi connectivity index (χ0n) is 17.7. The number of amides is 1. The van der Waals surface area contributed by atoms with Crippen molar-refractivity contribution in [2.75, 3.05) is 0 Å². The van der Waals surface area contributed by atoms with E-state index in [1.54, 1.807) is 11.3 Å². The predicted molar refractivity (Wildman–Crippen MR) is 135 cm³/mol. The molecular formula is C26H24Cl2N2OS. The van der Waals surface area contributed by atoms with Gasteiger partial charge in [0.1, 0.15) is 0 Å². The molecule has 2 atom stereocenters. The van der Waals surface area contributed by atoms with Gasteiger partial charge in [-0.3, -0.25) is 4.79 Å². The molecule has 0 aliphatic carbocycles. The minimum atomic E-state index is -0.0466. The van der Waals surface area contributed by atoms with Gasteiger partial charge in [0.2, 0.25) is 5.91 Å². The van der Waals surface area contributed by atoms with Crippen molar-refractivity contribution in [3.63, 3.8) is 0 Å². The normalized spacial score (nSPS) is 13.1. The maximum atomic E-state index is 12.8. The number of benzene rings is 3. The van der Waals surface area contributed by atoms with E-state index in [4.69, 9.17) is 23.2 Å². The molecule has 1 amide bonds. The molecule has 0 bridgehead atoms. The summed E-state index contributed by atoms with van der Waals surface area (Å²) in [6.45, 7) is 2.06. The number of fused-ring (bicyclic) bond motifs is 1. The third-order valence-electron chi connectivity index (χ3n) is 5.56. The Morgan fingerprint density at radius 2 is 1.62 bits per heavy atom. The maximum absolute atomic E-state index is 12.8. The highest BCUT2D eigenvalue weighted by Crippen LogP contribution is 2.27. The van der Waals surface area contributed by atoms with Crippen LogP contribution in [0, 0.1) is 0 Å². The lowest BCUT2D eigenvalue weighted by molar-refractivity contribution is -0.121. The number of para-hydroxylation sites is 1. The molecule has 1 heterocycles. The second-order valence-electron chi connectivity index (χ2n) is 7.92. The fourth-order valence-corrected chi connectivity index (χ4v) is 5.06. The van der Waals surface area contributed by atoms with Gasteiger partial charge in [0.15, 0.2) is 0 Å². The average Bonchev–Trinajstić information content (AvgIpc) is 3.21. The van der Waals surface area contributed by atoms with Crippen LogP contribution in [0.4, 0.5) is 0 Å². The van der Waals surface area contributed by atoms with Crippen LogP contribution in [0.3, 0.4) is 0 Å². The molecule has 0 saturated carbocycles. The minimum absolute atomic E-state index is 0.0341. The summed E-state index contributed by atoms with van der Waals surface area (Å²) < 4.78 is 1.15. The fourth-order valence-electron chi connectivity index (χ4n) is 3.84. The van der Waals surface area contributed by atoms with Crippen LogP contribution in [0.1, 0.15) is 35.4 Å². The summed E-state index contributed by atoms with van der Waals surface area (Å²) in [4.78, 5) is 17.4. The van der Waals surface area contributed by atoms with Crippen molar-refractivity contribution >= 4 is 50.7 Å². The first kappa shape index (κ1) is 22.8. The monoisotopic (exact) mass is 482 g/mol. The number of halogens is 2. The van der Waals surface area contributed by atoms with Crippen molar-refractivity contribution < 1.29 is 4.79 Å². The van der Waals surface area contributed by atoms with Crippen molar-refractivity contribution in [2.45, 2.75) is 38.1 Å². The van der Waals surface area contributed by atoms with E-state index in [-0.39, 0.29) is 17.9 Å². The van der Waals surface area contributed by atoms with Crippen LogP contribution >= 0.6 is 34.5 Å². The van der Waals surface area contributed by atoms with Crippen molar-refractivity contribution in [1.29, 1.82) is 0 Å². The molecule has 6 heteroatoms. The minimum Gasteiger partial charge on any atom is -0.353 e. The molecule has 3 nitrogen and oxygen atoms in total. The molecule has 2 unspecified atom stereocenters. The molecule has 0 saturated heterocycles. The third-order valence-corrected chi connectivity index (χ3v) is 7.16. The topological polar surface area (TPSA) is 42.0 Å². The molecule has 4 aromatic rings. The standard InChI is InChI=1S/C26H24Cl2N2OS/c1-17(29-25(31)14-15-26-30-23-4-2-3-5-24(23)32-26)22(19-8-12-21(28)13-9-19)16-18-6-10-20(27)11-7-18/h2-13,17,22H,14-16H2,1H3,(H,29,31). The summed E-state index contributed by atoms with van der Waals surface area (Å²) in [5.41, 5.74) is 3.31. The number of rotatable bonds is 8. The van der Waals surface area contributed by atoms with Crippen LogP contribution in [0.25, 0.3) is 10.2 Å². The van der Waals surface area contributed by atoms with Gasteiger partial charge in [-0.1, -0.05) is 59.6 Å². The lowest BCUT2D eigenvalue weighted by atomic mass is 9.86. The number of nitrogens with zero attached hydrogens (tertiary/aromatic N) is 1. The van der Waals surface area contributed by atoms with Crippen LogP contribution in [0.15, 0.2) is 72.8 Å². The fraction of sp³-hybridized carbons (Fsp3) is 0.231. The van der Waals surface area contributed by atoms with E-state index in [2.05, 4.69) is 23.3 Å². The first-order valence-electron chi connectivity index (χ1n) is 10.6. The number of aromatic nitrogens is 1. The molecule has 0 fully saturated rings. The van der Waals surface area contributed by atoms with Crippen LogP contribution in [0.5, 0.6) is 0 Å². The smallest absolute Gasteiger partial charge is 0.220 e. The third kappa shape index (κ3) is 5.89. The number of hydrogen-bond acceptors (Lipinski definition) is 3. The number of nitrogens with one attached hydrogen (secondary N) is 1. The summed E-state index contributed by atoms with van der Waals surface area (Å²) in [6.07, 6.45) is 1.84. The van der Waals surface area contributed by atoms with Crippen molar-refractivity contribution in [1.82, 2.24) is 10.3 Å². The molecule has 4 rings (SSSR count). The molecule has 32 heavy (non-hydrogen) atoms. The molecule has 0 radical (unpaired) electrons. The highest BCUT2D eigenvalue weighted by atomic mass is 35.5. The quantitative estimate of drug-likeness (QED) is 0.291. The van der Waals surface area contributed by atoms with Gasteiger partial charge in [-0.2, -0.15) is 0 Å². The number of thiazole rings is 1. The Labute approximate surface area is 202 Å².